The molecular formula is C13H16N4O2. The molecule has 6 heteroatoms. The van der Waals surface area contributed by atoms with E-state index in [9.17, 15) is 4.79 Å². The topological polar surface area (TPSA) is 80.0 Å². The van der Waals surface area contributed by atoms with Gasteiger partial charge in [0.05, 0.1) is 0 Å². The molecule has 0 atom stereocenters. The molecule has 0 bridgehead atoms. The molecule has 0 aliphatic heterocycles. The Kier molecular flexibility index (Phi) is 4.12. The molecule has 0 unspecified atom stereocenters. The average molecular weight is 260 g/mol. The van der Waals surface area contributed by atoms with Gasteiger partial charge in [-0.2, -0.15) is 0 Å². The van der Waals surface area contributed by atoms with Gasteiger partial charge in [-0.25, -0.2) is 4.79 Å². The molecule has 0 saturated carbocycles. The van der Waals surface area contributed by atoms with Gasteiger partial charge in [-0.1, -0.05) is 11.2 Å². The molecule has 0 spiro atoms. The predicted octanol–water partition coefficient (Wildman–Crippen LogP) is 2.05. The molecule has 0 radical (unpaired) electrons. The van der Waals surface area contributed by atoms with Crippen molar-refractivity contribution in [1.82, 2.24) is 15.5 Å². The summed E-state index contributed by atoms with van der Waals surface area (Å²) in [6.07, 6.45) is 2.43. The average Bonchev–Trinajstić information content (AvgIpc) is 2.72. The summed E-state index contributed by atoms with van der Waals surface area (Å²) < 4.78 is 4.97. The quantitative estimate of drug-likeness (QED) is 0.881. The van der Waals surface area contributed by atoms with Crippen molar-refractivity contribution in [1.29, 1.82) is 0 Å². The van der Waals surface area contributed by atoms with E-state index in [4.69, 9.17) is 4.52 Å². The van der Waals surface area contributed by atoms with Crippen molar-refractivity contribution in [2.45, 2.75) is 20.3 Å². The molecule has 2 amide bonds. The van der Waals surface area contributed by atoms with Crippen molar-refractivity contribution in [3.63, 3.8) is 0 Å². The van der Waals surface area contributed by atoms with Crippen LogP contribution in [-0.2, 0) is 6.42 Å². The summed E-state index contributed by atoms with van der Waals surface area (Å²) in [5.74, 6) is 0.595. The van der Waals surface area contributed by atoms with Crippen LogP contribution < -0.4 is 10.6 Å². The highest BCUT2D eigenvalue weighted by atomic mass is 16.5. The van der Waals surface area contributed by atoms with Crippen LogP contribution in [0.2, 0.25) is 0 Å². The number of urea groups is 1. The Hall–Kier alpha value is -2.37. The molecule has 0 aliphatic rings. The van der Waals surface area contributed by atoms with Gasteiger partial charge in [0.25, 0.3) is 0 Å². The number of nitrogens with zero attached hydrogens (tertiary/aromatic N) is 2. The van der Waals surface area contributed by atoms with Gasteiger partial charge in [-0.05, 0) is 26.0 Å². The number of aromatic nitrogens is 2. The van der Waals surface area contributed by atoms with Crippen molar-refractivity contribution in [2.24, 2.45) is 0 Å². The highest BCUT2D eigenvalue weighted by Gasteiger charge is 2.11. The van der Waals surface area contributed by atoms with Crippen LogP contribution >= 0.6 is 0 Å². The molecule has 0 aliphatic carbocycles. The third-order valence-corrected chi connectivity index (χ3v) is 2.66. The number of carbonyl (C=O) groups is 1. The van der Waals surface area contributed by atoms with Gasteiger partial charge in [0.2, 0.25) is 0 Å². The molecule has 0 aromatic carbocycles. The van der Waals surface area contributed by atoms with Crippen molar-refractivity contribution in [2.75, 3.05) is 11.9 Å². The van der Waals surface area contributed by atoms with E-state index in [2.05, 4.69) is 20.8 Å². The zero-order valence-electron chi connectivity index (χ0n) is 10.9. The predicted molar refractivity (Wildman–Crippen MR) is 70.9 cm³/mol. The van der Waals surface area contributed by atoms with Crippen molar-refractivity contribution in [3.8, 4) is 0 Å². The Labute approximate surface area is 111 Å². The van der Waals surface area contributed by atoms with E-state index in [1.54, 1.807) is 20.0 Å². The normalized spacial score (nSPS) is 10.2. The van der Waals surface area contributed by atoms with Crippen molar-refractivity contribution in [3.05, 3.63) is 41.5 Å². The fourth-order valence-electron chi connectivity index (χ4n) is 1.67. The first-order chi connectivity index (χ1) is 9.16. The molecule has 19 heavy (non-hydrogen) atoms. The first kappa shape index (κ1) is 13.1. The number of amides is 2. The van der Waals surface area contributed by atoms with Crippen LogP contribution in [0.5, 0.6) is 0 Å². The second-order valence-electron chi connectivity index (χ2n) is 4.15. The molecule has 0 saturated heterocycles. The lowest BCUT2D eigenvalue weighted by Crippen LogP contribution is -2.30. The summed E-state index contributed by atoms with van der Waals surface area (Å²) >= 11 is 0. The van der Waals surface area contributed by atoms with Crippen LogP contribution in [0, 0.1) is 13.8 Å². The minimum absolute atomic E-state index is 0.273. The summed E-state index contributed by atoms with van der Waals surface area (Å²) in [7, 11) is 0. The lowest BCUT2D eigenvalue weighted by molar-refractivity contribution is 0.252. The molecule has 2 N–H and O–H groups in total. The minimum atomic E-state index is -0.273. The number of aryl methyl sites for hydroxylation is 2. The molecule has 6 nitrogen and oxygen atoms in total. The van der Waals surface area contributed by atoms with Crippen LogP contribution in [0.25, 0.3) is 0 Å². The van der Waals surface area contributed by atoms with E-state index in [-0.39, 0.29) is 6.03 Å². The Morgan fingerprint density at radius 1 is 1.37 bits per heavy atom. The number of rotatable bonds is 4. The second-order valence-corrected chi connectivity index (χ2v) is 4.15. The Morgan fingerprint density at radius 2 is 2.21 bits per heavy atom. The fourth-order valence-corrected chi connectivity index (χ4v) is 1.67. The number of hydrogen-bond donors (Lipinski definition) is 2. The lowest BCUT2D eigenvalue weighted by Gasteiger charge is -2.06. The van der Waals surface area contributed by atoms with Crippen LogP contribution in [0.3, 0.4) is 0 Å². The van der Waals surface area contributed by atoms with Gasteiger partial charge in [0.15, 0.2) is 5.76 Å². The van der Waals surface area contributed by atoms with Crippen LogP contribution in [-0.4, -0.2) is 22.7 Å². The molecule has 2 aromatic rings. The zero-order valence-corrected chi connectivity index (χ0v) is 10.9. The standard InChI is InChI=1S/C13H16N4O2/c1-9-12(10(2)19-17-9)16-13(18)15-8-6-11-5-3-4-7-14-11/h3-5,7H,6,8H2,1-2H3,(H2,15,16,18). The van der Waals surface area contributed by atoms with Crippen molar-refractivity contribution >= 4 is 11.7 Å². The number of carbonyl (C=O) groups excluding carboxylic acids is 1. The van der Waals surface area contributed by atoms with Gasteiger partial charge in [-0.15, -0.1) is 0 Å². The van der Waals surface area contributed by atoms with E-state index >= 15 is 0 Å². The number of pyridine rings is 1. The third-order valence-electron chi connectivity index (χ3n) is 2.66. The first-order valence-corrected chi connectivity index (χ1v) is 6.04. The van der Waals surface area contributed by atoms with E-state index in [1.807, 2.05) is 18.2 Å². The van der Waals surface area contributed by atoms with Gasteiger partial charge >= 0.3 is 6.03 Å². The van der Waals surface area contributed by atoms with Crippen molar-refractivity contribution < 1.29 is 9.32 Å². The molecule has 100 valence electrons. The zero-order chi connectivity index (χ0) is 13.7. The molecule has 2 heterocycles. The largest absolute Gasteiger partial charge is 0.359 e. The van der Waals surface area contributed by atoms with Crippen LogP contribution in [0.15, 0.2) is 28.9 Å². The van der Waals surface area contributed by atoms with Crippen LogP contribution in [0.4, 0.5) is 10.5 Å². The molecule has 2 rings (SSSR count). The summed E-state index contributed by atoms with van der Waals surface area (Å²) in [5.41, 5.74) is 2.23. The fraction of sp³-hybridized carbons (Fsp3) is 0.308. The summed E-state index contributed by atoms with van der Waals surface area (Å²) in [4.78, 5) is 15.9. The van der Waals surface area contributed by atoms with E-state index < -0.39 is 0 Å². The monoisotopic (exact) mass is 260 g/mol. The number of hydrogen-bond acceptors (Lipinski definition) is 4. The summed E-state index contributed by atoms with van der Waals surface area (Å²) in [6.45, 7) is 4.05. The van der Waals surface area contributed by atoms with Crippen LogP contribution in [0.1, 0.15) is 17.1 Å². The molecule has 2 aromatic heterocycles. The van der Waals surface area contributed by atoms with E-state index in [0.717, 1.165) is 5.69 Å². The van der Waals surface area contributed by atoms with Gasteiger partial charge < -0.3 is 15.2 Å². The number of anilines is 1. The van der Waals surface area contributed by atoms with Gasteiger partial charge in [0, 0.05) is 24.9 Å². The number of nitrogens with one attached hydrogen (secondary N) is 2. The Balaban J connectivity index is 1.79. The molecule has 0 fully saturated rings. The Morgan fingerprint density at radius 3 is 2.84 bits per heavy atom. The smallest absolute Gasteiger partial charge is 0.319 e. The SMILES string of the molecule is Cc1noc(C)c1NC(=O)NCCc1ccccn1. The Bertz CT molecular complexity index is 532. The molecular weight excluding hydrogens is 244 g/mol. The van der Waals surface area contributed by atoms with E-state index in [1.165, 1.54) is 0 Å². The highest BCUT2D eigenvalue weighted by molar-refractivity contribution is 5.90. The first-order valence-electron chi connectivity index (χ1n) is 6.04. The minimum Gasteiger partial charge on any atom is -0.359 e. The maximum Gasteiger partial charge on any atom is 0.319 e. The highest BCUT2D eigenvalue weighted by Crippen LogP contribution is 2.18. The van der Waals surface area contributed by atoms with Gasteiger partial charge in [0.1, 0.15) is 11.4 Å². The maximum atomic E-state index is 11.7. The summed E-state index contributed by atoms with van der Waals surface area (Å²) in [6, 6.07) is 5.44. The maximum absolute atomic E-state index is 11.7. The lowest BCUT2D eigenvalue weighted by atomic mass is 10.3. The second kappa shape index (κ2) is 5.99. The van der Waals surface area contributed by atoms with E-state index in [0.29, 0.717) is 30.1 Å². The van der Waals surface area contributed by atoms with Gasteiger partial charge in [-0.3, -0.25) is 4.98 Å². The summed E-state index contributed by atoms with van der Waals surface area (Å²) in [5, 5.41) is 9.25. The third kappa shape index (κ3) is 3.54.